The summed E-state index contributed by atoms with van der Waals surface area (Å²) < 4.78 is 1.37. The monoisotopic (exact) mass is 298 g/mol. The van der Waals surface area contributed by atoms with Crippen molar-refractivity contribution >= 4 is 17.6 Å². The smallest absolute Gasteiger partial charge is 0.358 e. The van der Waals surface area contributed by atoms with Crippen LogP contribution in [0.1, 0.15) is 29.8 Å². The Kier molecular flexibility index (Phi) is 2.60. The quantitative estimate of drug-likeness (QED) is 0.895. The minimum atomic E-state index is -1.13. The summed E-state index contributed by atoms with van der Waals surface area (Å²) in [5.41, 5.74) is 1.53. The third-order valence-corrected chi connectivity index (χ3v) is 4.49. The van der Waals surface area contributed by atoms with Gasteiger partial charge in [-0.05, 0) is 42.9 Å². The molecule has 0 aliphatic heterocycles. The normalized spacial score (nSPS) is 20.6. The number of anilines is 1. The molecule has 1 unspecified atom stereocenters. The maximum Gasteiger partial charge on any atom is 0.358 e. The zero-order chi connectivity index (χ0) is 15.3. The lowest BCUT2D eigenvalue weighted by Gasteiger charge is -2.07. The fourth-order valence-corrected chi connectivity index (χ4v) is 2.88. The Morgan fingerprint density at radius 3 is 2.82 bits per heavy atom. The first kappa shape index (κ1) is 13.0. The van der Waals surface area contributed by atoms with Gasteiger partial charge >= 0.3 is 5.97 Å². The van der Waals surface area contributed by atoms with Gasteiger partial charge in [-0.25, -0.2) is 9.48 Å². The lowest BCUT2D eigenvalue weighted by atomic mass is 10.2. The first-order valence-corrected chi connectivity index (χ1v) is 7.14. The van der Waals surface area contributed by atoms with E-state index in [1.807, 2.05) is 0 Å². The van der Waals surface area contributed by atoms with Crippen LogP contribution in [0.3, 0.4) is 0 Å². The number of carboxylic acids is 1. The zero-order valence-corrected chi connectivity index (χ0v) is 11.7. The summed E-state index contributed by atoms with van der Waals surface area (Å²) in [6.07, 6.45) is 4.68. The van der Waals surface area contributed by atoms with Crippen molar-refractivity contribution in [3.63, 3.8) is 0 Å². The van der Waals surface area contributed by atoms with Gasteiger partial charge in [0, 0.05) is 11.6 Å². The maximum absolute atomic E-state index is 12.1. The molecule has 7 nitrogen and oxygen atoms in total. The molecule has 1 heterocycles. The summed E-state index contributed by atoms with van der Waals surface area (Å²) in [7, 11) is 0. The lowest BCUT2D eigenvalue weighted by molar-refractivity contribution is -0.117. The molecule has 1 aromatic heterocycles. The van der Waals surface area contributed by atoms with Crippen LogP contribution in [0, 0.1) is 11.3 Å². The summed E-state index contributed by atoms with van der Waals surface area (Å²) in [5, 5.41) is 19.1. The predicted molar refractivity (Wildman–Crippen MR) is 76.7 cm³/mol. The summed E-state index contributed by atoms with van der Waals surface area (Å²) in [6.45, 7) is 0. The Hall–Kier alpha value is -2.70. The van der Waals surface area contributed by atoms with Crippen LogP contribution in [0.5, 0.6) is 0 Å². The van der Waals surface area contributed by atoms with E-state index in [0.717, 1.165) is 6.42 Å². The van der Waals surface area contributed by atoms with Gasteiger partial charge in [0.1, 0.15) is 0 Å². The van der Waals surface area contributed by atoms with Gasteiger partial charge in [0.05, 0.1) is 11.9 Å². The number of hydrogen-bond acceptors (Lipinski definition) is 4. The molecule has 112 valence electrons. The van der Waals surface area contributed by atoms with Crippen molar-refractivity contribution < 1.29 is 14.7 Å². The van der Waals surface area contributed by atoms with E-state index in [-0.39, 0.29) is 17.5 Å². The molecule has 2 aromatic rings. The second-order valence-corrected chi connectivity index (χ2v) is 6.01. The number of benzene rings is 1. The van der Waals surface area contributed by atoms with Crippen molar-refractivity contribution in [2.75, 3.05) is 5.32 Å². The van der Waals surface area contributed by atoms with Crippen molar-refractivity contribution in [1.29, 1.82) is 0 Å². The molecule has 2 N–H and O–H groups in total. The second kappa shape index (κ2) is 4.40. The Bertz CT molecular complexity index is 779. The molecule has 2 aliphatic carbocycles. The number of nitrogens with zero attached hydrogens (tertiary/aromatic N) is 3. The Balaban J connectivity index is 1.52. The van der Waals surface area contributed by atoms with Gasteiger partial charge < -0.3 is 10.4 Å². The van der Waals surface area contributed by atoms with Crippen LogP contribution in [0.25, 0.3) is 5.69 Å². The van der Waals surface area contributed by atoms with E-state index in [4.69, 9.17) is 5.11 Å². The van der Waals surface area contributed by atoms with Gasteiger partial charge in [-0.15, -0.1) is 5.10 Å². The van der Waals surface area contributed by atoms with Crippen LogP contribution in [0.4, 0.5) is 5.69 Å². The number of carboxylic acid groups (broad SMARTS) is 1. The van der Waals surface area contributed by atoms with Gasteiger partial charge in [-0.3, -0.25) is 4.79 Å². The molecule has 1 atom stereocenters. The fourth-order valence-electron chi connectivity index (χ4n) is 2.88. The molecule has 4 rings (SSSR count). The summed E-state index contributed by atoms with van der Waals surface area (Å²) >= 11 is 0. The number of nitrogens with one attached hydrogen (secondary N) is 1. The molecule has 0 bridgehead atoms. The standard InChI is InChI=1S/C15H14N4O3/c20-13(11-7-15(11)4-5-15)16-9-2-1-3-10(6-9)19-8-12(14(21)22)17-18-19/h1-3,6,8,11H,4-5,7H2,(H,16,20)(H,21,22). The van der Waals surface area contributed by atoms with Gasteiger partial charge in [0.15, 0.2) is 5.69 Å². The third kappa shape index (κ3) is 2.14. The average molecular weight is 298 g/mol. The van der Waals surface area contributed by atoms with E-state index < -0.39 is 5.97 Å². The SMILES string of the molecule is O=C(O)c1cn(-c2cccc(NC(=O)C3CC34CC4)c2)nn1. The van der Waals surface area contributed by atoms with E-state index in [1.54, 1.807) is 24.3 Å². The molecule has 22 heavy (non-hydrogen) atoms. The van der Waals surface area contributed by atoms with Crippen LogP contribution >= 0.6 is 0 Å². The summed E-state index contributed by atoms with van der Waals surface area (Å²) in [4.78, 5) is 23.0. The number of aromatic nitrogens is 3. The van der Waals surface area contributed by atoms with E-state index in [2.05, 4.69) is 15.6 Å². The second-order valence-electron chi connectivity index (χ2n) is 6.01. The predicted octanol–water partition coefficient (Wildman–Crippen LogP) is 1.70. The fraction of sp³-hybridized carbons (Fsp3) is 0.333. The number of amides is 1. The van der Waals surface area contributed by atoms with Crippen LogP contribution in [-0.4, -0.2) is 32.0 Å². The van der Waals surface area contributed by atoms with E-state index >= 15 is 0 Å². The number of rotatable bonds is 4. The Morgan fingerprint density at radius 1 is 1.36 bits per heavy atom. The summed E-state index contributed by atoms with van der Waals surface area (Å²) in [5.74, 6) is -0.903. The molecular weight excluding hydrogens is 284 g/mol. The molecule has 0 radical (unpaired) electrons. The number of carbonyl (C=O) groups excluding carboxylic acids is 1. The zero-order valence-electron chi connectivity index (χ0n) is 11.7. The highest BCUT2D eigenvalue weighted by Crippen LogP contribution is 2.70. The van der Waals surface area contributed by atoms with Gasteiger partial charge in [0.25, 0.3) is 0 Å². The molecule has 2 saturated carbocycles. The van der Waals surface area contributed by atoms with E-state index in [9.17, 15) is 9.59 Å². The molecule has 7 heteroatoms. The molecular formula is C15H14N4O3. The molecule has 2 fully saturated rings. The van der Waals surface area contributed by atoms with Gasteiger partial charge in [0.2, 0.25) is 5.91 Å². The maximum atomic E-state index is 12.1. The van der Waals surface area contributed by atoms with Crippen molar-refractivity contribution in [3.8, 4) is 5.69 Å². The van der Waals surface area contributed by atoms with E-state index in [0.29, 0.717) is 16.8 Å². The highest BCUT2D eigenvalue weighted by atomic mass is 16.4. The number of hydrogen-bond donors (Lipinski definition) is 2. The Labute approximate surface area is 125 Å². The largest absolute Gasteiger partial charge is 0.476 e. The van der Waals surface area contributed by atoms with E-state index in [1.165, 1.54) is 23.7 Å². The summed E-state index contributed by atoms with van der Waals surface area (Å²) in [6, 6.07) is 7.11. The topological polar surface area (TPSA) is 97.1 Å². The third-order valence-electron chi connectivity index (χ3n) is 4.49. The first-order chi connectivity index (χ1) is 10.6. The van der Waals surface area contributed by atoms with Gasteiger partial charge in [-0.1, -0.05) is 11.3 Å². The van der Waals surface area contributed by atoms with Crippen LogP contribution < -0.4 is 5.32 Å². The molecule has 1 amide bonds. The minimum absolute atomic E-state index is 0.0689. The molecule has 1 spiro atoms. The lowest BCUT2D eigenvalue weighted by Crippen LogP contribution is -2.15. The molecule has 1 aromatic carbocycles. The molecule has 0 saturated heterocycles. The highest BCUT2D eigenvalue weighted by molar-refractivity contribution is 5.95. The highest BCUT2D eigenvalue weighted by Gasteiger charge is 2.65. The first-order valence-electron chi connectivity index (χ1n) is 7.14. The average Bonchev–Trinajstić information content (AvgIpc) is 3.38. The van der Waals surface area contributed by atoms with Gasteiger partial charge in [-0.2, -0.15) is 0 Å². The van der Waals surface area contributed by atoms with Crippen LogP contribution in [-0.2, 0) is 4.79 Å². The van der Waals surface area contributed by atoms with Crippen LogP contribution in [0.15, 0.2) is 30.5 Å². The van der Waals surface area contributed by atoms with Crippen molar-refractivity contribution in [1.82, 2.24) is 15.0 Å². The van der Waals surface area contributed by atoms with Crippen molar-refractivity contribution in [2.24, 2.45) is 11.3 Å². The van der Waals surface area contributed by atoms with Crippen LogP contribution in [0.2, 0.25) is 0 Å². The minimum Gasteiger partial charge on any atom is -0.476 e. The Morgan fingerprint density at radius 2 is 2.18 bits per heavy atom. The number of aromatic carboxylic acids is 1. The number of carbonyl (C=O) groups is 2. The van der Waals surface area contributed by atoms with Crippen molar-refractivity contribution in [2.45, 2.75) is 19.3 Å². The molecule has 2 aliphatic rings. The van der Waals surface area contributed by atoms with Crippen molar-refractivity contribution in [3.05, 3.63) is 36.2 Å².